The van der Waals surface area contributed by atoms with Crippen molar-refractivity contribution in [3.8, 4) is 0 Å². The Balaban J connectivity index is 2.17. The van der Waals surface area contributed by atoms with Crippen molar-refractivity contribution in [1.29, 1.82) is 0 Å². The third-order valence-electron chi connectivity index (χ3n) is 3.80. The summed E-state index contributed by atoms with van der Waals surface area (Å²) in [6, 6.07) is 4.32. The molecule has 5 heteroatoms. The van der Waals surface area contributed by atoms with Gasteiger partial charge in [0.1, 0.15) is 5.82 Å². The summed E-state index contributed by atoms with van der Waals surface area (Å²) in [4.78, 5) is 13.6. The van der Waals surface area contributed by atoms with Gasteiger partial charge in [-0.1, -0.05) is 6.42 Å². The van der Waals surface area contributed by atoms with E-state index in [4.69, 9.17) is 0 Å². The summed E-state index contributed by atoms with van der Waals surface area (Å²) in [6.45, 7) is 1.33. The number of esters is 1. The molecule has 20 heavy (non-hydrogen) atoms. The van der Waals surface area contributed by atoms with Crippen LogP contribution in [0.25, 0.3) is 0 Å². The van der Waals surface area contributed by atoms with Crippen LogP contribution in [0.15, 0.2) is 18.2 Å². The second kappa shape index (κ2) is 6.81. The Hall–Kier alpha value is -1.46. The molecule has 0 saturated carbocycles. The number of aliphatic hydroxyl groups excluding tert-OH is 1. The van der Waals surface area contributed by atoms with E-state index >= 15 is 0 Å². The van der Waals surface area contributed by atoms with Gasteiger partial charge in [-0.2, -0.15) is 0 Å². The third kappa shape index (κ3) is 3.35. The molecule has 1 aliphatic rings. The van der Waals surface area contributed by atoms with E-state index in [9.17, 15) is 14.3 Å². The van der Waals surface area contributed by atoms with Crippen LogP contribution >= 0.6 is 0 Å². The molecule has 2 rings (SSSR count). The standard InChI is InChI=1S/C15H20FNO3/c1-20-15(19)11-5-6-14(16)12(8-11)9-17-7-3-2-4-13(17)10-18/h5-6,8,13,18H,2-4,7,9-10H2,1H3. The number of nitrogens with zero attached hydrogens (tertiary/aromatic N) is 1. The molecule has 1 fully saturated rings. The van der Waals surface area contributed by atoms with Gasteiger partial charge in [-0.15, -0.1) is 0 Å². The SMILES string of the molecule is COC(=O)c1ccc(F)c(CN2CCCCC2CO)c1. The average molecular weight is 281 g/mol. The van der Waals surface area contributed by atoms with E-state index in [0.29, 0.717) is 17.7 Å². The van der Waals surface area contributed by atoms with Gasteiger partial charge in [0.15, 0.2) is 0 Å². The number of methoxy groups -OCH3 is 1. The second-order valence-electron chi connectivity index (χ2n) is 5.10. The molecule has 0 aromatic heterocycles. The normalized spacial score (nSPS) is 19.9. The number of ether oxygens (including phenoxy) is 1. The predicted octanol–water partition coefficient (Wildman–Crippen LogP) is 1.96. The first-order chi connectivity index (χ1) is 9.65. The van der Waals surface area contributed by atoms with E-state index in [2.05, 4.69) is 9.64 Å². The van der Waals surface area contributed by atoms with Gasteiger partial charge in [0, 0.05) is 18.2 Å². The number of piperidine rings is 1. The van der Waals surface area contributed by atoms with Crippen LogP contribution in [0.2, 0.25) is 0 Å². The molecule has 1 N–H and O–H groups in total. The van der Waals surface area contributed by atoms with Crippen molar-refractivity contribution in [2.45, 2.75) is 31.8 Å². The number of hydrogen-bond donors (Lipinski definition) is 1. The van der Waals surface area contributed by atoms with Gasteiger partial charge in [0.05, 0.1) is 19.3 Å². The van der Waals surface area contributed by atoms with Crippen molar-refractivity contribution in [2.24, 2.45) is 0 Å². The van der Waals surface area contributed by atoms with Crippen molar-refractivity contribution in [2.75, 3.05) is 20.3 Å². The topological polar surface area (TPSA) is 49.8 Å². The minimum Gasteiger partial charge on any atom is -0.465 e. The molecule has 0 aliphatic carbocycles. The molecule has 0 bridgehead atoms. The number of rotatable bonds is 4. The van der Waals surface area contributed by atoms with Crippen LogP contribution in [0.3, 0.4) is 0 Å². The van der Waals surface area contributed by atoms with Crippen molar-refractivity contribution in [1.82, 2.24) is 4.90 Å². The highest BCUT2D eigenvalue weighted by molar-refractivity contribution is 5.89. The van der Waals surface area contributed by atoms with Crippen LogP contribution < -0.4 is 0 Å². The molecule has 1 aromatic carbocycles. The smallest absolute Gasteiger partial charge is 0.337 e. The molecule has 4 nitrogen and oxygen atoms in total. The fourth-order valence-electron chi connectivity index (χ4n) is 2.63. The quantitative estimate of drug-likeness (QED) is 0.857. The van der Waals surface area contributed by atoms with E-state index < -0.39 is 5.97 Å². The van der Waals surface area contributed by atoms with Crippen LogP contribution in [-0.2, 0) is 11.3 Å². The van der Waals surface area contributed by atoms with Gasteiger partial charge in [-0.05, 0) is 37.6 Å². The number of hydrogen-bond acceptors (Lipinski definition) is 4. The number of carbonyl (C=O) groups excluding carboxylic acids is 1. The highest BCUT2D eigenvalue weighted by atomic mass is 19.1. The summed E-state index contributed by atoms with van der Waals surface area (Å²) in [5.41, 5.74) is 0.815. The van der Waals surface area contributed by atoms with Gasteiger partial charge in [-0.3, -0.25) is 4.90 Å². The minimum absolute atomic E-state index is 0.0740. The lowest BCUT2D eigenvalue weighted by Gasteiger charge is -2.34. The van der Waals surface area contributed by atoms with Gasteiger partial charge in [0.25, 0.3) is 0 Å². The molecule has 1 saturated heterocycles. The van der Waals surface area contributed by atoms with Crippen LogP contribution in [0.4, 0.5) is 4.39 Å². The Morgan fingerprint density at radius 1 is 1.50 bits per heavy atom. The largest absolute Gasteiger partial charge is 0.465 e. The lowest BCUT2D eigenvalue weighted by Crippen LogP contribution is -2.41. The summed E-state index contributed by atoms with van der Waals surface area (Å²) in [7, 11) is 1.30. The van der Waals surface area contributed by atoms with E-state index in [1.54, 1.807) is 0 Å². The number of aliphatic hydroxyl groups is 1. The maximum Gasteiger partial charge on any atom is 0.337 e. The zero-order valence-corrected chi connectivity index (χ0v) is 11.6. The number of halogens is 1. The molecule has 110 valence electrons. The summed E-state index contributed by atoms with van der Waals surface area (Å²) < 4.78 is 18.5. The lowest BCUT2D eigenvalue weighted by molar-refractivity contribution is 0.0599. The molecule has 0 spiro atoms. The van der Waals surface area contributed by atoms with Crippen molar-refractivity contribution in [3.63, 3.8) is 0 Å². The first-order valence-corrected chi connectivity index (χ1v) is 6.87. The van der Waals surface area contributed by atoms with Gasteiger partial charge in [-0.25, -0.2) is 9.18 Å². The Bertz CT molecular complexity index is 478. The molecule has 1 aliphatic heterocycles. The van der Waals surface area contributed by atoms with Gasteiger partial charge in [0.2, 0.25) is 0 Å². The molecule has 0 amide bonds. The van der Waals surface area contributed by atoms with E-state index in [-0.39, 0.29) is 18.5 Å². The van der Waals surface area contributed by atoms with Crippen LogP contribution in [0.1, 0.15) is 35.2 Å². The predicted molar refractivity (Wildman–Crippen MR) is 72.9 cm³/mol. The Morgan fingerprint density at radius 3 is 3.00 bits per heavy atom. The maximum absolute atomic E-state index is 13.9. The van der Waals surface area contributed by atoms with Crippen LogP contribution in [0.5, 0.6) is 0 Å². The molecule has 0 radical (unpaired) electrons. The second-order valence-corrected chi connectivity index (χ2v) is 5.10. The highest BCUT2D eigenvalue weighted by Crippen LogP contribution is 2.21. The first-order valence-electron chi connectivity index (χ1n) is 6.87. The van der Waals surface area contributed by atoms with Crippen molar-refractivity contribution < 1.29 is 19.0 Å². The number of likely N-dealkylation sites (tertiary alicyclic amines) is 1. The lowest BCUT2D eigenvalue weighted by atomic mass is 10.0. The molecular formula is C15H20FNO3. The number of benzene rings is 1. The summed E-state index contributed by atoms with van der Waals surface area (Å²) in [5, 5.41) is 9.38. The van der Waals surface area contributed by atoms with E-state index in [1.807, 2.05) is 0 Å². The fourth-order valence-corrected chi connectivity index (χ4v) is 2.63. The fraction of sp³-hybridized carbons (Fsp3) is 0.533. The van der Waals surface area contributed by atoms with Crippen LogP contribution in [0, 0.1) is 5.82 Å². The monoisotopic (exact) mass is 281 g/mol. The van der Waals surface area contributed by atoms with Crippen molar-refractivity contribution in [3.05, 3.63) is 35.1 Å². The highest BCUT2D eigenvalue weighted by Gasteiger charge is 2.23. The zero-order chi connectivity index (χ0) is 14.5. The molecule has 1 heterocycles. The first kappa shape index (κ1) is 14.9. The molecular weight excluding hydrogens is 261 g/mol. The average Bonchev–Trinajstić information content (AvgIpc) is 2.49. The molecule has 1 atom stereocenters. The third-order valence-corrected chi connectivity index (χ3v) is 3.80. The van der Waals surface area contributed by atoms with Gasteiger partial charge < -0.3 is 9.84 Å². The van der Waals surface area contributed by atoms with E-state index in [1.165, 1.54) is 25.3 Å². The summed E-state index contributed by atoms with van der Waals surface area (Å²) in [5.74, 6) is -0.802. The maximum atomic E-state index is 13.9. The molecule has 1 unspecified atom stereocenters. The Labute approximate surface area is 118 Å². The summed E-state index contributed by atoms with van der Waals surface area (Å²) >= 11 is 0. The molecule has 1 aromatic rings. The Kier molecular flexibility index (Phi) is 5.09. The van der Waals surface area contributed by atoms with E-state index in [0.717, 1.165) is 25.8 Å². The van der Waals surface area contributed by atoms with Gasteiger partial charge >= 0.3 is 5.97 Å². The Morgan fingerprint density at radius 2 is 2.30 bits per heavy atom. The summed E-state index contributed by atoms with van der Waals surface area (Å²) in [6.07, 6.45) is 3.07. The minimum atomic E-state index is -0.469. The number of carbonyl (C=O) groups is 1. The zero-order valence-electron chi connectivity index (χ0n) is 11.6. The van der Waals surface area contributed by atoms with Crippen LogP contribution in [-0.4, -0.2) is 42.3 Å². The van der Waals surface area contributed by atoms with Crippen molar-refractivity contribution >= 4 is 5.97 Å².